The van der Waals surface area contributed by atoms with Gasteiger partial charge in [-0.3, -0.25) is 0 Å². The van der Waals surface area contributed by atoms with Crippen LogP contribution in [0.25, 0.3) is 0 Å². The standard InChI is InChI=1S/C12H21N3/c1-4-14-10(3)5-6-11-7-9(2)8-15-12(11)13/h7-8,10,14H,4-6H2,1-3H3,(H2,13,15). The van der Waals surface area contributed by atoms with Crippen molar-refractivity contribution in [2.45, 2.75) is 39.7 Å². The van der Waals surface area contributed by atoms with Crippen LogP contribution in [0.15, 0.2) is 12.3 Å². The summed E-state index contributed by atoms with van der Waals surface area (Å²) >= 11 is 0. The summed E-state index contributed by atoms with van der Waals surface area (Å²) in [6.07, 6.45) is 3.91. The zero-order chi connectivity index (χ0) is 11.3. The van der Waals surface area contributed by atoms with Gasteiger partial charge in [-0.05, 0) is 44.4 Å². The smallest absolute Gasteiger partial charge is 0.126 e. The summed E-state index contributed by atoms with van der Waals surface area (Å²) in [5.74, 6) is 0.671. The Balaban J connectivity index is 2.53. The van der Waals surface area contributed by atoms with Gasteiger partial charge in [0.15, 0.2) is 0 Å². The van der Waals surface area contributed by atoms with Crippen molar-refractivity contribution >= 4 is 5.82 Å². The first kappa shape index (κ1) is 12.0. The summed E-state index contributed by atoms with van der Waals surface area (Å²) in [5, 5.41) is 3.39. The highest BCUT2D eigenvalue weighted by Gasteiger charge is 2.04. The largest absolute Gasteiger partial charge is 0.383 e. The van der Waals surface area contributed by atoms with Crippen molar-refractivity contribution in [3.8, 4) is 0 Å². The molecule has 0 radical (unpaired) electrons. The van der Waals surface area contributed by atoms with Gasteiger partial charge in [0.05, 0.1) is 0 Å². The number of nitrogens with zero attached hydrogens (tertiary/aromatic N) is 1. The van der Waals surface area contributed by atoms with Crippen LogP contribution in [0.3, 0.4) is 0 Å². The van der Waals surface area contributed by atoms with Gasteiger partial charge in [0.1, 0.15) is 5.82 Å². The Morgan fingerprint density at radius 1 is 1.53 bits per heavy atom. The van der Waals surface area contributed by atoms with E-state index >= 15 is 0 Å². The number of pyridine rings is 1. The molecule has 0 aliphatic rings. The van der Waals surface area contributed by atoms with E-state index in [1.807, 2.05) is 13.1 Å². The van der Waals surface area contributed by atoms with Gasteiger partial charge in [0.2, 0.25) is 0 Å². The molecule has 0 saturated carbocycles. The van der Waals surface area contributed by atoms with Gasteiger partial charge in [0.25, 0.3) is 0 Å². The van der Waals surface area contributed by atoms with E-state index in [9.17, 15) is 0 Å². The number of hydrogen-bond acceptors (Lipinski definition) is 3. The van der Waals surface area contributed by atoms with Gasteiger partial charge in [0, 0.05) is 12.2 Å². The molecule has 0 saturated heterocycles. The molecule has 1 rings (SSSR count). The van der Waals surface area contributed by atoms with Crippen LogP contribution < -0.4 is 11.1 Å². The first-order valence-corrected chi connectivity index (χ1v) is 5.57. The number of rotatable bonds is 5. The highest BCUT2D eigenvalue weighted by molar-refractivity contribution is 5.40. The number of hydrogen-bond donors (Lipinski definition) is 2. The second-order valence-electron chi connectivity index (χ2n) is 4.05. The maximum atomic E-state index is 5.82. The number of aryl methyl sites for hydroxylation is 2. The Bertz CT molecular complexity index is 310. The third-order valence-corrected chi connectivity index (χ3v) is 2.54. The van der Waals surface area contributed by atoms with Gasteiger partial charge in [-0.15, -0.1) is 0 Å². The minimum Gasteiger partial charge on any atom is -0.383 e. The van der Waals surface area contributed by atoms with E-state index in [1.165, 1.54) is 11.1 Å². The molecule has 0 amide bonds. The van der Waals surface area contributed by atoms with Crippen LogP contribution in [0.2, 0.25) is 0 Å². The fourth-order valence-corrected chi connectivity index (χ4v) is 1.66. The first-order chi connectivity index (χ1) is 7.13. The number of aromatic nitrogens is 1. The van der Waals surface area contributed by atoms with Crippen LogP contribution in [-0.2, 0) is 6.42 Å². The lowest BCUT2D eigenvalue weighted by atomic mass is 10.1. The topological polar surface area (TPSA) is 50.9 Å². The summed E-state index contributed by atoms with van der Waals surface area (Å²) in [6, 6.07) is 2.66. The van der Waals surface area contributed by atoms with Crippen molar-refractivity contribution in [1.29, 1.82) is 0 Å². The molecule has 3 N–H and O–H groups in total. The Kier molecular flexibility index (Phi) is 4.56. The van der Waals surface area contributed by atoms with E-state index in [4.69, 9.17) is 5.73 Å². The lowest BCUT2D eigenvalue weighted by Crippen LogP contribution is -2.26. The molecule has 1 heterocycles. The van der Waals surface area contributed by atoms with E-state index in [2.05, 4.69) is 30.2 Å². The maximum absolute atomic E-state index is 5.82. The second-order valence-corrected chi connectivity index (χ2v) is 4.05. The molecular formula is C12H21N3. The minimum absolute atomic E-state index is 0.537. The Labute approximate surface area is 92.1 Å². The third kappa shape index (κ3) is 3.88. The highest BCUT2D eigenvalue weighted by Crippen LogP contribution is 2.13. The van der Waals surface area contributed by atoms with Crippen LogP contribution in [-0.4, -0.2) is 17.6 Å². The van der Waals surface area contributed by atoms with E-state index in [0.717, 1.165) is 19.4 Å². The molecule has 0 bridgehead atoms. The average molecular weight is 207 g/mol. The molecule has 1 atom stereocenters. The molecule has 0 spiro atoms. The molecule has 1 unspecified atom stereocenters. The number of nitrogens with one attached hydrogen (secondary N) is 1. The van der Waals surface area contributed by atoms with Crippen molar-refractivity contribution in [2.75, 3.05) is 12.3 Å². The Morgan fingerprint density at radius 2 is 2.27 bits per heavy atom. The number of nitrogens with two attached hydrogens (primary N) is 1. The fourth-order valence-electron chi connectivity index (χ4n) is 1.66. The highest BCUT2D eigenvalue weighted by atomic mass is 14.9. The van der Waals surface area contributed by atoms with E-state index in [1.54, 1.807) is 0 Å². The summed E-state index contributed by atoms with van der Waals surface area (Å²) < 4.78 is 0. The van der Waals surface area contributed by atoms with Crippen LogP contribution in [0.5, 0.6) is 0 Å². The summed E-state index contributed by atoms with van der Waals surface area (Å²) in [5.41, 5.74) is 8.16. The molecule has 1 aromatic heterocycles. The quantitative estimate of drug-likeness (QED) is 0.775. The predicted octanol–water partition coefficient (Wildman–Crippen LogP) is 1.90. The molecule has 3 heteroatoms. The summed E-state index contributed by atoms with van der Waals surface area (Å²) in [7, 11) is 0. The van der Waals surface area contributed by atoms with Crippen molar-refractivity contribution in [3.63, 3.8) is 0 Å². The third-order valence-electron chi connectivity index (χ3n) is 2.54. The molecule has 3 nitrogen and oxygen atoms in total. The molecule has 1 aromatic rings. The number of nitrogen functional groups attached to an aromatic ring is 1. The predicted molar refractivity (Wildman–Crippen MR) is 64.8 cm³/mol. The van der Waals surface area contributed by atoms with E-state index < -0.39 is 0 Å². The van der Waals surface area contributed by atoms with Crippen LogP contribution in [0, 0.1) is 6.92 Å². The summed E-state index contributed by atoms with van der Waals surface area (Å²) in [4.78, 5) is 4.16. The average Bonchev–Trinajstić information content (AvgIpc) is 2.20. The second kappa shape index (κ2) is 5.71. The molecular weight excluding hydrogens is 186 g/mol. The molecule has 84 valence electrons. The van der Waals surface area contributed by atoms with Gasteiger partial charge >= 0.3 is 0 Å². The zero-order valence-corrected chi connectivity index (χ0v) is 9.88. The number of anilines is 1. The maximum Gasteiger partial charge on any atom is 0.126 e. The molecule has 15 heavy (non-hydrogen) atoms. The van der Waals surface area contributed by atoms with Crippen molar-refractivity contribution in [3.05, 3.63) is 23.4 Å². The Morgan fingerprint density at radius 3 is 2.93 bits per heavy atom. The first-order valence-electron chi connectivity index (χ1n) is 5.57. The molecule has 0 fully saturated rings. The van der Waals surface area contributed by atoms with Gasteiger partial charge < -0.3 is 11.1 Å². The fraction of sp³-hybridized carbons (Fsp3) is 0.583. The van der Waals surface area contributed by atoms with Crippen LogP contribution in [0.4, 0.5) is 5.82 Å². The molecule has 0 aliphatic carbocycles. The summed E-state index contributed by atoms with van der Waals surface area (Å²) in [6.45, 7) is 7.38. The van der Waals surface area contributed by atoms with Crippen molar-refractivity contribution < 1.29 is 0 Å². The SMILES string of the molecule is CCNC(C)CCc1cc(C)cnc1N. The lowest BCUT2D eigenvalue weighted by Gasteiger charge is -2.12. The minimum atomic E-state index is 0.537. The Hall–Kier alpha value is -1.09. The molecule has 0 aliphatic heterocycles. The van der Waals surface area contributed by atoms with Crippen LogP contribution in [0.1, 0.15) is 31.4 Å². The zero-order valence-electron chi connectivity index (χ0n) is 9.88. The van der Waals surface area contributed by atoms with Crippen LogP contribution >= 0.6 is 0 Å². The van der Waals surface area contributed by atoms with Gasteiger partial charge in [-0.2, -0.15) is 0 Å². The monoisotopic (exact) mass is 207 g/mol. The normalized spacial score (nSPS) is 12.7. The van der Waals surface area contributed by atoms with Crippen molar-refractivity contribution in [2.24, 2.45) is 0 Å². The lowest BCUT2D eigenvalue weighted by molar-refractivity contribution is 0.530. The van der Waals surface area contributed by atoms with Crippen molar-refractivity contribution in [1.82, 2.24) is 10.3 Å². The van der Waals surface area contributed by atoms with E-state index in [0.29, 0.717) is 11.9 Å². The van der Waals surface area contributed by atoms with Gasteiger partial charge in [-0.25, -0.2) is 4.98 Å². The van der Waals surface area contributed by atoms with E-state index in [-0.39, 0.29) is 0 Å². The molecule has 0 aromatic carbocycles. The van der Waals surface area contributed by atoms with Gasteiger partial charge in [-0.1, -0.05) is 13.0 Å².